The Labute approximate surface area is 197 Å². The molecule has 0 spiro atoms. The predicted molar refractivity (Wildman–Crippen MR) is 119 cm³/mol. The maximum atomic E-state index is 14.2. The molecule has 2 N–H and O–H groups in total. The Hall–Kier alpha value is -2.92. The van der Waals surface area contributed by atoms with Crippen molar-refractivity contribution in [3.05, 3.63) is 54.3 Å². The number of hydrogen-bond donors (Lipinski definition) is 2. The molecule has 1 aliphatic rings. The normalized spacial score (nSPS) is 14.7. The van der Waals surface area contributed by atoms with E-state index in [0.29, 0.717) is 24.6 Å². The molecule has 0 unspecified atom stereocenters. The van der Waals surface area contributed by atoms with E-state index in [4.69, 9.17) is 0 Å². The second kappa shape index (κ2) is 9.52. The summed E-state index contributed by atoms with van der Waals surface area (Å²) >= 11 is 0. The summed E-state index contributed by atoms with van der Waals surface area (Å²) in [5, 5.41) is 0. The number of anilines is 1. The Morgan fingerprint density at radius 1 is 1.00 bits per heavy atom. The first kappa shape index (κ1) is 24.7. The minimum absolute atomic E-state index is 0. The fourth-order valence-electron chi connectivity index (χ4n) is 3.95. The smallest absolute Gasteiger partial charge is 0.355 e. The molecule has 4 heterocycles. The third-order valence-corrected chi connectivity index (χ3v) is 5.56. The first-order valence-corrected chi connectivity index (χ1v) is 9.71. The van der Waals surface area contributed by atoms with E-state index < -0.39 is 17.6 Å². The lowest BCUT2D eigenvalue weighted by molar-refractivity contribution is -0.137. The van der Waals surface area contributed by atoms with Gasteiger partial charge >= 0.3 is 6.18 Å². The molecule has 7 nitrogen and oxygen atoms in total. The van der Waals surface area contributed by atoms with Crippen LogP contribution in [0.25, 0.3) is 22.4 Å². The van der Waals surface area contributed by atoms with Crippen LogP contribution in [0.3, 0.4) is 0 Å². The van der Waals surface area contributed by atoms with Crippen LogP contribution in [0.5, 0.6) is 0 Å². The third-order valence-electron chi connectivity index (χ3n) is 5.56. The van der Waals surface area contributed by atoms with Crippen LogP contribution in [0, 0.1) is 5.82 Å². The largest absolute Gasteiger partial charge is 0.416 e. The minimum atomic E-state index is -4.54. The molecule has 13 heteroatoms. The molecule has 0 saturated carbocycles. The number of alkyl halides is 3. The number of piperidine rings is 1. The van der Waals surface area contributed by atoms with Crippen molar-refractivity contribution in [2.24, 2.45) is 0 Å². The molecule has 5 rings (SSSR count). The van der Waals surface area contributed by atoms with Gasteiger partial charge in [0.05, 0.1) is 23.8 Å². The van der Waals surface area contributed by atoms with Crippen LogP contribution in [0.2, 0.25) is 0 Å². The standard InChI is InChI=1S/C20H17F4N7.2ClH/c21-14-2-1-12(20(22,23)24)7-13(14)15-8-25-17(30-15)11-3-5-31(6-4-11)19-16-18(27-9-26-16)28-10-29-19;;/h1-2,7-11H,3-6H2,(H,25,30)(H,26,27,28,29);2*1H. The first-order chi connectivity index (χ1) is 14.9. The summed E-state index contributed by atoms with van der Waals surface area (Å²) in [5.74, 6) is 0.774. The SMILES string of the molecule is Cl.Cl.Fc1ccc(C(F)(F)F)cc1-c1cnc(C2CCN(c3ncnc4nc[nH]c34)CC2)[nH]1. The molecule has 1 fully saturated rings. The number of aromatic nitrogens is 6. The molecule has 33 heavy (non-hydrogen) atoms. The summed E-state index contributed by atoms with van der Waals surface area (Å²) in [6.07, 6.45) is 1.42. The topological polar surface area (TPSA) is 86.4 Å². The lowest BCUT2D eigenvalue weighted by Crippen LogP contribution is -2.34. The molecule has 3 aromatic heterocycles. The number of nitrogens with zero attached hydrogens (tertiary/aromatic N) is 5. The minimum Gasteiger partial charge on any atom is -0.355 e. The van der Waals surface area contributed by atoms with Gasteiger partial charge in [-0.25, -0.2) is 24.3 Å². The third kappa shape index (κ3) is 4.74. The van der Waals surface area contributed by atoms with Crippen LogP contribution in [0.4, 0.5) is 23.4 Å². The number of imidazole rings is 2. The second-order valence-electron chi connectivity index (χ2n) is 7.43. The fourth-order valence-corrected chi connectivity index (χ4v) is 3.95. The molecule has 1 aromatic carbocycles. The van der Waals surface area contributed by atoms with Crippen molar-refractivity contribution in [1.29, 1.82) is 0 Å². The van der Waals surface area contributed by atoms with Gasteiger partial charge < -0.3 is 14.9 Å². The van der Waals surface area contributed by atoms with Crippen LogP contribution in [0.1, 0.15) is 30.1 Å². The quantitative estimate of drug-likeness (QED) is 0.378. The van der Waals surface area contributed by atoms with E-state index in [2.05, 4.69) is 34.8 Å². The summed E-state index contributed by atoms with van der Waals surface area (Å²) in [6, 6.07) is 2.37. The molecule has 176 valence electrons. The van der Waals surface area contributed by atoms with E-state index in [1.165, 1.54) is 12.5 Å². The van der Waals surface area contributed by atoms with Crippen LogP contribution in [-0.4, -0.2) is 43.0 Å². The number of aromatic amines is 2. The monoisotopic (exact) mass is 503 g/mol. The van der Waals surface area contributed by atoms with Crippen LogP contribution >= 0.6 is 24.8 Å². The molecule has 1 saturated heterocycles. The van der Waals surface area contributed by atoms with E-state index in [0.717, 1.165) is 42.4 Å². The van der Waals surface area contributed by atoms with Crippen LogP contribution in [0.15, 0.2) is 37.1 Å². The number of hydrogen-bond acceptors (Lipinski definition) is 5. The lowest BCUT2D eigenvalue weighted by atomic mass is 9.96. The number of halogens is 6. The highest BCUT2D eigenvalue weighted by molar-refractivity contribution is 5.85. The highest BCUT2D eigenvalue weighted by atomic mass is 35.5. The summed E-state index contributed by atoms with van der Waals surface area (Å²) in [5.41, 5.74) is 0.570. The highest BCUT2D eigenvalue weighted by Crippen LogP contribution is 2.35. The number of rotatable bonds is 3. The van der Waals surface area contributed by atoms with Gasteiger partial charge in [-0.15, -0.1) is 24.8 Å². The molecule has 0 amide bonds. The summed E-state index contributed by atoms with van der Waals surface area (Å²) < 4.78 is 53.2. The average Bonchev–Trinajstić information content (AvgIpc) is 3.43. The maximum Gasteiger partial charge on any atom is 0.416 e. The molecule has 0 aliphatic carbocycles. The Balaban J connectivity index is 0.00000153. The molecule has 0 radical (unpaired) electrons. The number of H-pyrrole nitrogens is 2. The van der Waals surface area contributed by atoms with E-state index >= 15 is 0 Å². The van der Waals surface area contributed by atoms with Crippen LogP contribution in [-0.2, 0) is 6.18 Å². The van der Waals surface area contributed by atoms with Gasteiger partial charge in [0.25, 0.3) is 0 Å². The van der Waals surface area contributed by atoms with Crippen LogP contribution < -0.4 is 4.90 Å². The Morgan fingerprint density at radius 2 is 1.76 bits per heavy atom. The second-order valence-corrected chi connectivity index (χ2v) is 7.43. The van der Waals surface area contributed by atoms with Crippen molar-refractivity contribution in [1.82, 2.24) is 29.9 Å². The Bertz CT molecular complexity index is 1230. The van der Waals surface area contributed by atoms with Crippen molar-refractivity contribution in [2.75, 3.05) is 18.0 Å². The number of fused-ring (bicyclic) bond motifs is 1. The van der Waals surface area contributed by atoms with Gasteiger partial charge in [0, 0.05) is 24.6 Å². The zero-order valence-corrected chi connectivity index (χ0v) is 18.6. The van der Waals surface area contributed by atoms with Gasteiger partial charge in [-0.05, 0) is 31.0 Å². The summed E-state index contributed by atoms with van der Waals surface area (Å²) in [7, 11) is 0. The van der Waals surface area contributed by atoms with E-state index in [-0.39, 0.29) is 42.0 Å². The lowest BCUT2D eigenvalue weighted by Gasteiger charge is -2.32. The van der Waals surface area contributed by atoms with E-state index in [9.17, 15) is 17.6 Å². The van der Waals surface area contributed by atoms with Gasteiger partial charge in [-0.1, -0.05) is 0 Å². The Kier molecular flexibility index (Phi) is 7.13. The molecule has 0 atom stereocenters. The van der Waals surface area contributed by atoms with Gasteiger partial charge in [-0.2, -0.15) is 13.2 Å². The molecule has 0 bridgehead atoms. The van der Waals surface area contributed by atoms with Crippen molar-refractivity contribution in [2.45, 2.75) is 24.9 Å². The van der Waals surface area contributed by atoms with Gasteiger partial charge in [0.2, 0.25) is 0 Å². The van der Waals surface area contributed by atoms with Gasteiger partial charge in [0.1, 0.15) is 23.5 Å². The number of nitrogens with one attached hydrogen (secondary N) is 2. The van der Waals surface area contributed by atoms with Crippen molar-refractivity contribution in [3.8, 4) is 11.3 Å². The van der Waals surface area contributed by atoms with Crippen molar-refractivity contribution >= 4 is 41.8 Å². The van der Waals surface area contributed by atoms with Gasteiger partial charge in [0.15, 0.2) is 11.5 Å². The molecular weight excluding hydrogens is 485 g/mol. The molecular formula is C20H19Cl2F4N7. The first-order valence-electron chi connectivity index (χ1n) is 9.71. The van der Waals surface area contributed by atoms with E-state index in [1.807, 2.05) is 0 Å². The summed E-state index contributed by atoms with van der Waals surface area (Å²) in [6.45, 7) is 1.42. The molecule has 4 aromatic rings. The summed E-state index contributed by atoms with van der Waals surface area (Å²) in [4.78, 5) is 25.2. The van der Waals surface area contributed by atoms with Crippen molar-refractivity contribution in [3.63, 3.8) is 0 Å². The molecule has 1 aliphatic heterocycles. The Morgan fingerprint density at radius 3 is 2.48 bits per heavy atom. The highest BCUT2D eigenvalue weighted by Gasteiger charge is 2.32. The zero-order chi connectivity index (χ0) is 21.6. The van der Waals surface area contributed by atoms with E-state index in [1.54, 1.807) is 6.33 Å². The van der Waals surface area contributed by atoms with Crippen molar-refractivity contribution < 1.29 is 17.6 Å². The average molecular weight is 504 g/mol. The maximum absolute atomic E-state index is 14.2. The zero-order valence-electron chi connectivity index (χ0n) is 16.9. The predicted octanol–water partition coefficient (Wildman–Crippen LogP) is 5.13. The fraction of sp³-hybridized carbons (Fsp3) is 0.300. The number of benzene rings is 1. The van der Waals surface area contributed by atoms with Gasteiger partial charge in [-0.3, -0.25) is 0 Å².